The van der Waals surface area contributed by atoms with Crippen LogP contribution in [0, 0.1) is 0 Å². The monoisotopic (exact) mass is 210 g/mol. The zero-order valence-electron chi connectivity index (χ0n) is 6.35. The van der Waals surface area contributed by atoms with Gasteiger partial charge in [-0.1, -0.05) is 6.58 Å². The minimum atomic E-state index is -2.33. The van der Waals surface area contributed by atoms with Crippen molar-refractivity contribution in [2.24, 2.45) is 0 Å². The Morgan fingerprint density at radius 3 is 1.08 bits per heavy atom. The van der Waals surface area contributed by atoms with Crippen LogP contribution in [0.3, 0.4) is 0 Å². The van der Waals surface area contributed by atoms with Gasteiger partial charge in [-0.15, -0.1) is 0 Å². The zero-order chi connectivity index (χ0) is 6.28. The molecule has 0 atom stereocenters. The molecule has 0 saturated heterocycles. The molecule has 0 rings (SSSR count). The topological polar surface area (TPSA) is 269 Å². The van der Waals surface area contributed by atoms with Gasteiger partial charge < -0.3 is 53.0 Å². The Labute approximate surface area is 73.2 Å². The lowest BCUT2D eigenvalue weighted by Crippen LogP contribution is -2.37. The van der Waals surface area contributed by atoms with E-state index in [0.29, 0.717) is 0 Å². The lowest BCUT2D eigenvalue weighted by atomic mass is 11.2. The Hall–Kier alpha value is -1.43. The maximum atomic E-state index is 8.33. The van der Waals surface area contributed by atoms with Crippen molar-refractivity contribution in [1.82, 2.24) is 0 Å². The highest BCUT2D eigenvalue weighted by molar-refractivity contribution is 5.47. The van der Waals surface area contributed by atoms with E-state index in [0.717, 1.165) is 6.26 Å². The van der Waals surface area contributed by atoms with Gasteiger partial charge in [0.05, 0.1) is 6.26 Å². The summed E-state index contributed by atoms with van der Waals surface area (Å²) in [5, 5.41) is 24.0. The van der Waals surface area contributed by atoms with E-state index in [-0.39, 0.29) is 32.9 Å². The van der Waals surface area contributed by atoms with Crippen LogP contribution in [-0.2, 0) is 0 Å². The van der Waals surface area contributed by atoms with Crippen LogP contribution in [0.5, 0.6) is 0 Å². The Bertz CT molecular complexity index is 57.2. The number of aliphatic hydroxyl groups excluding tert-OH is 1. The number of hydrogen-bond acceptors (Lipinski definition) is 6. The lowest BCUT2D eigenvalue weighted by molar-refractivity contribution is -0.415. The summed E-state index contributed by atoms with van der Waals surface area (Å²) in [6.45, 7) is 2.92. The molecular formula is C3H14O10-4. The minimum Gasteiger partial charge on any atom is -0.870 e. The van der Waals surface area contributed by atoms with Gasteiger partial charge in [-0.2, -0.15) is 0 Å². The Balaban J connectivity index is -0.00000000444. The van der Waals surface area contributed by atoms with Crippen LogP contribution in [0.25, 0.3) is 0 Å². The van der Waals surface area contributed by atoms with Gasteiger partial charge in [0.2, 0.25) is 0 Å². The van der Waals surface area contributed by atoms with E-state index >= 15 is 0 Å². The number of carbonyl (C=O) groups excluding carboxylic acids is 1. The van der Waals surface area contributed by atoms with E-state index in [9.17, 15) is 0 Å². The van der Waals surface area contributed by atoms with Crippen LogP contribution in [0.1, 0.15) is 0 Å². The fourth-order valence-electron chi connectivity index (χ4n) is 0. The van der Waals surface area contributed by atoms with E-state index in [1.54, 1.807) is 0 Å². The van der Waals surface area contributed by atoms with Gasteiger partial charge >= 0.3 is 0 Å². The average molecular weight is 210 g/mol. The molecule has 90 valence electrons. The summed E-state index contributed by atoms with van der Waals surface area (Å²) >= 11 is 0. The van der Waals surface area contributed by atoms with Crippen molar-refractivity contribution < 1.29 is 53.0 Å². The summed E-state index contributed by atoms with van der Waals surface area (Å²) in [5.74, 6) is 0. The quantitative estimate of drug-likeness (QED) is 0.380. The third-order valence-corrected chi connectivity index (χ3v) is 0. The van der Waals surface area contributed by atoms with Crippen molar-refractivity contribution in [2.75, 3.05) is 0 Å². The molecule has 0 unspecified atom stereocenters. The largest absolute Gasteiger partial charge is 0.870 e. The van der Waals surface area contributed by atoms with E-state index < -0.39 is 6.16 Å². The second kappa shape index (κ2) is 147. The second-order valence-corrected chi connectivity index (χ2v) is 0.433. The van der Waals surface area contributed by atoms with Crippen molar-refractivity contribution in [2.45, 2.75) is 0 Å². The van der Waals surface area contributed by atoms with E-state index in [1.165, 1.54) is 0 Å². The normalized spacial score (nSPS) is 2.77. The first-order valence-electron chi connectivity index (χ1n) is 1.28. The van der Waals surface area contributed by atoms with Gasteiger partial charge in [0, 0.05) is 0 Å². The number of hydrogen-bond donors (Lipinski definition) is 1. The first-order valence-corrected chi connectivity index (χ1v) is 1.28. The summed E-state index contributed by atoms with van der Waals surface area (Å²) in [5.41, 5.74) is 0. The van der Waals surface area contributed by atoms with Crippen molar-refractivity contribution in [3.8, 4) is 0 Å². The van der Waals surface area contributed by atoms with Gasteiger partial charge in [-0.05, 0) is 6.16 Å². The van der Waals surface area contributed by atoms with Crippen LogP contribution >= 0.6 is 0 Å². The fourth-order valence-corrected chi connectivity index (χ4v) is 0. The van der Waals surface area contributed by atoms with Crippen LogP contribution < -0.4 is 10.2 Å². The first kappa shape index (κ1) is 101. The first-order chi connectivity index (χ1) is 3.15. The molecule has 0 aromatic carbocycles. The molecule has 10 heteroatoms. The Kier molecular flexibility index (Phi) is 1140. The third-order valence-electron chi connectivity index (χ3n) is 0. The summed E-state index contributed by atoms with van der Waals surface area (Å²) in [7, 11) is 0. The molecule has 0 radical (unpaired) electrons. The number of carbonyl (C=O) groups is 1. The van der Waals surface area contributed by atoms with Gasteiger partial charge in [0.25, 0.3) is 0 Å². The van der Waals surface area contributed by atoms with Gasteiger partial charge in [-0.3, -0.25) is 0 Å². The molecule has 0 aromatic heterocycles. The van der Waals surface area contributed by atoms with Crippen LogP contribution in [-0.4, -0.2) is 44.1 Å². The molecule has 0 aromatic rings. The molecule has 0 bridgehead atoms. The maximum Gasteiger partial charge on any atom is 0.0719 e. The highest BCUT2D eigenvalue weighted by Crippen LogP contribution is 1.26. The molecule has 0 fully saturated rings. The second-order valence-electron chi connectivity index (χ2n) is 0.433. The number of carboxylic acid groups (broad SMARTS) is 2. The minimum absolute atomic E-state index is 0. The van der Waals surface area contributed by atoms with Crippen LogP contribution in [0.4, 0.5) is 4.79 Å². The summed E-state index contributed by atoms with van der Waals surface area (Å²) in [6.07, 6.45) is -1.58. The molecule has 0 amide bonds. The molecule has 0 saturated carbocycles. The molecule has 10 nitrogen and oxygen atoms in total. The molecule has 0 aliphatic rings. The van der Waals surface area contributed by atoms with Crippen molar-refractivity contribution >= 4 is 6.16 Å². The molecule has 11 N–H and O–H groups in total. The predicted molar refractivity (Wildman–Crippen MR) is 36.5 cm³/mol. The van der Waals surface area contributed by atoms with Gasteiger partial charge in [0.15, 0.2) is 0 Å². The Morgan fingerprint density at radius 2 is 1.08 bits per heavy atom. The predicted octanol–water partition coefficient (Wildman–Crippen LogP) is -5.41. The highest BCUT2D eigenvalue weighted by atomic mass is 16.6. The van der Waals surface area contributed by atoms with E-state index in [2.05, 4.69) is 6.58 Å². The van der Waals surface area contributed by atoms with Crippen molar-refractivity contribution in [3.05, 3.63) is 12.8 Å². The number of aliphatic hydroxyl groups is 1. The summed E-state index contributed by atoms with van der Waals surface area (Å²) in [6, 6.07) is 0. The third kappa shape index (κ3) is 380. The van der Waals surface area contributed by atoms with Crippen molar-refractivity contribution in [1.29, 1.82) is 0 Å². The smallest absolute Gasteiger partial charge is 0.0719 e. The number of rotatable bonds is 0. The Morgan fingerprint density at radius 1 is 1.08 bits per heavy atom. The molecule has 0 aliphatic heterocycles. The van der Waals surface area contributed by atoms with Gasteiger partial charge in [-0.25, -0.2) is 0 Å². The summed E-state index contributed by atoms with van der Waals surface area (Å²) in [4.78, 5) is 8.33. The molecule has 0 aliphatic carbocycles. The fraction of sp³-hybridized carbons (Fsp3) is 0. The van der Waals surface area contributed by atoms with E-state index in [1.807, 2.05) is 0 Å². The van der Waals surface area contributed by atoms with Gasteiger partial charge in [0.1, 0.15) is 0 Å². The van der Waals surface area contributed by atoms with Crippen molar-refractivity contribution in [3.63, 3.8) is 0 Å². The molecule has 0 spiro atoms. The highest BCUT2D eigenvalue weighted by Gasteiger charge is 1.26. The van der Waals surface area contributed by atoms with Crippen LogP contribution in [0.15, 0.2) is 12.8 Å². The lowest BCUT2D eigenvalue weighted by Gasteiger charge is -1.96. The molecular weight excluding hydrogens is 196 g/mol. The standard InChI is InChI=1S/C2H4O.CH2O3.6H2O/c1-2-3;2-1(3)4;;;;;;/h2-3H,1H2;(H2,2,3,4);6*1H2/p-4. The zero-order valence-corrected chi connectivity index (χ0v) is 6.35. The average Bonchev–Trinajstić information content (AvgIpc) is 1.33. The van der Waals surface area contributed by atoms with Crippen LogP contribution in [0.2, 0.25) is 0 Å². The molecule has 13 heavy (non-hydrogen) atoms. The molecule has 0 heterocycles. The maximum absolute atomic E-state index is 8.33. The van der Waals surface area contributed by atoms with E-state index in [4.69, 9.17) is 20.1 Å². The SMILES string of the molecule is C=CO.O.O.O.O.O=C([O-])[O-].[OH-].[OH-]. The summed E-state index contributed by atoms with van der Waals surface area (Å²) < 4.78 is 0.